The average molecular weight is 295 g/mol. The van der Waals surface area contributed by atoms with Gasteiger partial charge in [0.25, 0.3) is 5.91 Å². The van der Waals surface area contributed by atoms with Crippen LogP contribution < -0.4 is 10.1 Å². The Hall–Kier alpha value is -1.62. The summed E-state index contributed by atoms with van der Waals surface area (Å²) in [6.45, 7) is 1.88. The van der Waals surface area contributed by atoms with Crippen molar-refractivity contribution < 1.29 is 19.0 Å². The summed E-state index contributed by atoms with van der Waals surface area (Å²) in [7, 11) is 0. The van der Waals surface area contributed by atoms with Gasteiger partial charge in [-0.2, -0.15) is 0 Å². The van der Waals surface area contributed by atoms with Crippen molar-refractivity contribution in [3.63, 3.8) is 0 Å². The molecule has 0 radical (unpaired) electrons. The number of carbonyl (C=O) groups excluding carboxylic acids is 1. The number of benzene rings is 1. The third-order valence-corrected chi connectivity index (χ3v) is 3.92. The summed E-state index contributed by atoms with van der Waals surface area (Å²) in [6.07, 6.45) is 3.59. The van der Waals surface area contributed by atoms with Gasteiger partial charge in [0.2, 0.25) is 0 Å². The molecule has 0 spiro atoms. The summed E-state index contributed by atoms with van der Waals surface area (Å²) in [5.41, 5.74) is 0.883. The van der Waals surface area contributed by atoms with Gasteiger partial charge >= 0.3 is 0 Å². The molecule has 1 aliphatic carbocycles. The number of aliphatic hydroxyl groups is 1. The fraction of sp³-hybridized carbons (Fsp3) is 0.562. The number of hydrogen-bond donors (Lipinski definition) is 2. The van der Waals surface area contributed by atoms with Gasteiger partial charge in [0, 0.05) is 12.6 Å². The largest absolute Gasteiger partial charge is 0.481 e. The van der Waals surface area contributed by atoms with Crippen LogP contribution >= 0.6 is 0 Å². The van der Waals surface area contributed by atoms with Crippen molar-refractivity contribution in [3.8, 4) is 5.75 Å². The summed E-state index contributed by atoms with van der Waals surface area (Å²) < 4.78 is 18.7. The lowest BCUT2D eigenvalue weighted by molar-refractivity contribution is -0.124. The highest BCUT2D eigenvalue weighted by Crippen LogP contribution is 2.23. The average Bonchev–Trinajstić information content (AvgIpc) is 2.49. The standard InChI is InChI=1S/C16H22FNO3/c1-11-2-7-14(17)15(8-11)21-10-16(20)18-13-5-3-12(9-19)4-6-13/h2,7-8,12-13,19H,3-6,9-10H2,1H3,(H,18,20). The van der Waals surface area contributed by atoms with Crippen LogP contribution in [0.3, 0.4) is 0 Å². The molecule has 0 saturated heterocycles. The normalized spacial score (nSPS) is 21.9. The van der Waals surface area contributed by atoms with Crippen LogP contribution in [-0.2, 0) is 4.79 Å². The van der Waals surface area contributed by atoms with E-state index in [0.717, 1.165) is 31.2 Å². The van der Waals surface area contributed by atoms with E-state index in [4.69, 9.17) is 9.84 Å². The quantitative estimate of drug-likeness (QED) is 0.875. The molecule has 0 atom stereocenters. The molecule has 21 heavy (non-hydrogen) atoms. The number of rotatable bonds is 5. The second-order valence-electron chi connectivity index (χ2n) is 5.69. The molecule has 2 N–H and O–H groups in total. The molecule has 4 nitrogen and oxygen atoms in total. The smallest absolute Gasteiger partial charge is 0.258 e. The zero-order valence-electron chi connectivity index (χ0n) is 12.3. The molecule has 0 bridgehead atoms. The van der Waals surface area contributed by atoms with Crippen LogP contribution in [0.5, 0.6) is 5.75 Å². The van der Waals surface area contributed by atoms with Crippen LogP contribution in [0.2, 0.25) is 0 Å². The second-order valence-corrected chi connectivity index (χ2v) is 5.69. The molecule has 0 aliphatic heterocycles. The van der Waals surface area contributed by atoms with Crippen LogP contribution in [0, 0.1) is 18.7 Å². The summed E-state index contributed by atoms with van der Waals surface area (Å²) in [5, 5.41) is 12.0. The third-order valence-electron chi connectivity index (χ3n) is 3.92. The van der Waals surface area contributed by atoms with Crippen molar-refractivity contribution in [1.82, 2.24) is 5.32 Å². The van der Waals surface area contributed by atoms with Crippen LogP contribution in [0.4, 0.5) is 4.39 Å². The topological polar surface area (TPSA) is 58.6 Å². The van der Waals surface area contributed by atoms with Crippen LogP contribution in [0.15, 0.2) is 18.2 Å². The Kier molecular flexibility index (Phi) is 5.56. The number of nitrogens with one attached hydrogen (secondary N) is 1. The number of aryl methyl sites for hydroxylation is 1. The van der Waals surface area contributed by atoms with Crippen molar-refractivity contribution in [2.24, 2.45) is 5.92 Å². The minimum atomic E-state index is -0.461. The maximum absolute atomic E-state index is 13.5. The van der Waals surface area contributed by atoms with E-state index in [1.807, 2.05) is 6.92 Å². The number of halogens is 1. The molecular formula is C16H22FNO3. The Morgan fingerprint density at radius 1 is 1.38 bits per heavy atom. The highest BCUT2D eigenvalue weighted by Gasteiger charge is 2.22. The number of ether oxygens (including phenoxy) is 1. The molecular weight excluding hydrogens is 273 g/mol. The van der Waals surface area contributed by atoms with Crippen molar-refractivity contribution in [2.45, 2.75) is 38.6 Å². The van der Waals surface area contributed by atoms with Crippen molar-refractivity contribution in [1.29, 1.82) is 0 Å². The Morgan fingerprint density at radius 3 is 2.76 bits per heavy atom. The van der Waals surface area contributed by atoms with Gasteiger partial charge in [0.05, 0.1) is 0 Å². The Balaban J connectivity index is 1.76. The minimum Gasteiger partial charge on any atom is -0.481 e. The lowest BCUT2D eigenvalue weighted by atomic mass is 9.86. The van der Waals surface area contributed by atoms with Gasteiger partial charge in [0.1, 0.15) is 0 Å². The van der Waals surface area contributed by atoms with E-state index in [9.17, 15) is 9.18 Å². The number of amides is 1. The van der Waals surface area contributed by atoms with Gasteiger partial charge in [-0.15, -0.1) is 0 Å². The monoisotopic (exact) mass is 295 g/mol. The zero-order valence-corrected chi connectivity index (χ0v) is 12.3. The van der Waals surface area contributed by atoms with E-state index in [-0.39, 0.29) is 30.9 Å². The highest BCUT2D eigenvalue weighted by molar-refractivity contribution is 5.77. The molecule has 1 aliphatic rings. The molecule has 0 heterocycles. The van der Waals surface area contributed by atoms with E-state index in [2.05, 4.69) is 5.32 Å². The fourth-order valence-corrected chi connectivity index (χ4v) is 2.62. The maximum Gasteiger partial charge on any atom is 0.258 e. The second kappa shape index (κ2) is 7.41. The maximum atomic E-state index is 13.5. The number of aliphatic hydroxyl groups excluding tert-OH is 1. The van der Waals surface area contributed by atoms with Crippen LogP contribution in [-0.4, -0.2) is 30.3 Å². The first-order chi connectivity index (χ1) is 10.1. The van der Waals surface area contributed by atoms with Crippen LogP contribution in [0.1, 0.15) is 31.2 Å². The van der Waals surface area contributed by atoms with Gasteiger partial charge < -0.3 is 15.2 Å². The lowest BCUT2D eigenvalue weighted by Gasteiger charge is -2.27. The summed E-state index contributed by atoms with van der Waals surface area (Å²) in [6, 6.07) is 4.70. The first-order valence-electron chi connectivity index (χ1n) is 7.37. The van der Waals surface area contributed by atoms with Gasteiger partial charge in [-0.3, -0.25) is 4.79 Å². The van der Waals surface area contributed by atoms with Crippen molar-refractivity contribution >= 4 is 5.91 Å². The molecule has 5 heteroatoms. The first-order valence-corrected chi connectivity index (χ1v) is 7.37. The van der Waals surface area contributed by atoms with E-state index < -0.39 is 5.82 Å². The molecule has 1 aromatic carbocycles. The van der Waals surface area contributed by atoms with Crippen molar-refractivity contribution in [3.05, 3.63) is 29.6 Å². The Labute approximate surface area is 124 Å². The zero-order chi connectivity index (χ0) is 15.2. The number of carbonyl (C=O) groups is 1. The first kappa shape index (κ1) is 15.8. The third kappa shape index (κ3) is 4.70. The van der Waals surface area contributed by atoms with Crippen molar-refractivity contribution in [2.75, 3.05) is 13.2 Å². The molecule has 1 fully saturated rings. The molecule has 2 rings (SSSR count). The predicted molar refractivity (Wildman–Crippen MR) is 77.6 cm³/mol. The Morgan fingerprint density at radius 2 is 2.10 bits per heavy atom. The van der Waals surface area contributed by atoms with Crippen LogP contribution in [0.25, 0.3) is 0 Å². The van der Waals surface area contributed by atoms with E-state index in [1.165, 1.54) is 6.07 Å². The Bertz CT molecular complexity index is 484. The molecule has 116 valence electrons. The minimum absolute atomic E-state index is 0.106. The molecule has 1 saturated carbocycles. The molecule has 0 aromatic heterocycles. The van der Waals surface area contributed by atoms with E-state index in [0.29, 0.717) is 5.92 Å². The summed E-state index contributed by atoms with van der Waals surface area (Å²) >= 11 is 0. The number of hydrogen-bond acceptors (Lipinski definition) is 3. The molecule has 0 unspecified atom stereocenters. The van der Waals surface area contributed by atoms with E-state index >= 15 is 0 Å². The highest BCUT2D eigenvalue weighted by atomic mass is 19.1. The summed E-state index contributed by atoms with van der Waals surface area (Å²) in [4.78, 5) is 11.8. The fourth-order valence-electron chi connectivity index (χ4n) is 2.62. The lowest BCUT2D eigenvalue weighted by Crippen LogP contribution is -2.40. The van der Waals surface area contributed by atoms with Gasteiger partial charge in [-0.05, 0) is 56.2 Å². The summed E-state index contributed by atoms with van der Waals surface area (Å²) in [5.74, 6) is -0.231. The predicted octanol–water partition coefficient (Wildman–Crippen LogP) is 2.18. The SMILES string of the molecule is Cc1ccc(F)c(OCC(=O)NC2CCC(CO)CC2)c1. The van der Waals surface area contributed by atoms with Gasteiger partial charge in [-0.1, -0.05) is 6.07 Å². The van der Waals surface area contributed by atoms with Gasteiger partial charge in [-0.25, -0.2) is 4.39 Å². The molecule has 1 aromatic rings. The van der Waals surface area contributed by atoms with E-state index in [1.54, 1.807) is 12.1 Å². The molecule has 1 amide bonds. The van der Waals surface area contributed by atoms with Gasteiger partial charge in [0.15, 0.2) is 18.2 Å².